The van der Waals surface area contributed by atoms with Gasteiger partial charge >= 0.3 is 0 Å². The quantitative estimate of drug-likeness (QED) is 0.430. The first kappa shape index (κ1) is 9.80. The highest BCUT2D eigenvalue weighted by Gasteiger charge is 2.19. The number of hydrogen-bond donors (Lipinski definition) is 1. The summed E-state index contributed by atoms with van der Waals surface area (Å²) >= 11 is 5.73. The number of nitrogens with zero attached hydrogens (tertiary/aromatic N) is 1. The molecule has 1 aromatic rings. The van der Waals surface area contributed by atoms with Crippen LogP contribution in [0.3, 0.4) is 0 Å². The number of benzene rings is 1. The van der Waals surface area contributed by atoms with Gasteiger partial charge in [0.05, 0.1) is 10.6 Å². The molecule has 0 saturated heterocycles. The summed E-state index contributed by atoms with van der Waals surface area (Å²) in [5.74, 6) is 0. The molecule has 0 saturated carbocycles. The average molecular weight is 201 g/mol. The van der Waals surface area contributed by atoms with Gasteiger partial charge in [-0.15, -0.1) is 0 Å². The van der Waals surface area contributed by atoms with Gasteiger partial charge in [-0.3, -0.25) is 10.1 Å². The zero-order chi connectivity index (χ0) is 10.2. The third kappa shape index (κ3) is 1.58. The van der Waals surface area contributed by atoms with Crippen LogP contribution in [0.15, 0.2) is 6.07 Å². The Labute approximate surface area is 80.5 Å². The Morgan fingerprint density at radius 3 is 2.46 bits per heavy atom. The van der Waals surface area contributed by atoms with Crippen LogP contribution in [0.1, 0.15) is 11.1 Å². The van der Waals surface area contributed by atoms with Crippen molar-refractivity contribution < 1.29 is 4.92 Å². The minimum atomic E-state index is -0.520. The Balaban J connectivity index is 3.53. The first-order chi connectivity index (χ1) is 5.95. The molecular formula is C8H9ClN2O2. The molecule has 0 aliphatic carbocycles. The van der Waals surface area contributed by atoms with E-state index in [2.05, 4.69) is 0 Å². The minimum Gasteiger partial charge on any atom is -0.397 e. The summed E-state index contributed by atoms with van der Waals surface area (Å²) in [7, 11) is 0. The van der Waals surface area contributed by atoms with Gasteiger partial charge in [-0.05, 0) is 25.5 Å². The van der Waals surface area contributed by atoms with E-state index in [0.29, 0.717) is 5.56 Å². The maximum absolute atomic E-state index is 10.6. The molecular weight excluding hydrogens is 192 g/mol. The van der Waals surface area contributed by atoms with Crippen LogP contribution in [0.25, 0.3) is 0 Å². The van der Waals surface area contributed by atoms with E-state index in [1.165, 1.54) is 0 Å². The molecule has 0 unspecified atom stereocenters. The summed E-state index contributed by atoms with van der Waals surface area (Å²) in [4.78, 5) is 10.1. The Kier molecular flexibility index (Phi) is 2.43. The van der Waals surface area contributed by atoms with E-state index in [9.17, 15) is 10.1 Å². The van der Waals surface area contributed by atoms with Gasteiger partial charge in [-0.25, -0.2) is 0 Å². The second-order valence-corrected chi connectivity index (χ2v) is 3.22. The predicted octanol–water partition coefficient (Wildman–Crippen LogP) is 2.45. The Bertz CT molecular complexity index is 377. The van der Waals surface area contributed by atoms with Crippen LogP contribution in [0.4, 0.5) is 11.4 Å². The molecule has 0 fully saturated rings. The van der Waals surface area contributed by atoms with Gasteiger partial charge in [0, 0.05) is 5.56 Å². The molecule has 2 N–H and O–H groups in total. The van der Waals surface area contributed by atoms with E-state index in [0.717, 1.165) is 5.56 Å². The van der Waals surface area contributed by atoms with E-state index in [1.54, 1.807) is 19.9 Å². The number of nitro groups is 1. The largest absolute Gasteiger partial charge is 0.397 e. The molecule has 0 amide bonds. The molecule has 0 atom stereocenters. The molecule has 1 rings (SSSR count). The molecule has 0 aliphatic heterocycles. The van der Waals surface area contributed by atoms with Crippen LogP contribution in [0, 0.1) is 24.0 Å². The number of hydrogen-bond acceptors (Lipinski definition) is 3. The zero-order valence-corrected chi connectivity index (χ0v) is 8.05. The Morgan fingerprint density at radius 1 is 1.46 bits per heavy atom. The fourth-order valence-corrected chi connectivity index (χ4v) is 1.54. The Morgan fingerprint density at radius 2 is 2.00 bits per heavy atom. The highest BCUT2D eigenvalue weighted by molar-refractivity contribution is 6.35. The summed E-state index contributed by atoms with van der Waals surface area (Å²) in [5, 5.41) is 10.6. The summed E-state index contributed by atoms with van der Waals surface area (Å²) in [6, 6.07) is 1.65. The lowest BCUT2D eigenvalue weighted by Crippen LogP contribution is -1.99. The number of aryl methyl sites for hydroxylation is 2. The van der Waals surface area contributed by atoms with Crippen molar-refractivity contribution in [3.05, 3.63) is 32.3 Å². The van der Waals surface area contributed by atoms with Crippen molar-refractivity contribution in [1.82, 2.24) is 0 Å². The maximum atomic E-state index is 10.6. The fourth-order valence-electron chi connectivity index (χ4n) is 1.17. The third-order valence-electron chi connectivity index (χ3n) is 1.86. The van der Waals surface area contributed by atoms with Crippen LogP contribution in [-0.4, -0.2) is 4.92 Å². The van der Waals surface area contributed by atoms with E-state index >= 15 is 0 Å². The molecule has 0 radical (unpaired) electrons. The lowest BCUT2D eigenvalue weighted by molar-refractivity contribution is -0.385. The molecule has 5 heteroatoms. The first-order valence-electron chi connectivity index (χ1n) is 3.64. The molecule has 1 aromatic carbocycles. The number of halogens is 1. The van der Waals surface area contributed by atoms with Crippen LogP contribution in [0.5, 0.6) is 0 Å². The highest BCUT2D eigenvalue weighted by Crippen LogP contribution is 2.35. The molecule has 0 heterocycles. The number of anilines is 1. The predicted molar refractivity (Wildman–Crippen MR) is 52.0 cm³/mol. The van der Waals surface area contributed by atoms with Gasteiger partial charge in [0.1, 0.15) is 5.02 Å². The number of nitro benzene ring substituents is 1. The van der Waals surface area contributed by atoms with Gasteiger partial charge in [0.25, 0.3) is 5.69 Å². The summed E-state index contributed by atoms with van der Waals surface area (Å²) < 4.78 is 0. The van der Waals surface area contributed by atoms with Gasteiger partial charge < -0.3 is 5.73 Å². The van der Waals surface area contributed by atoms with Gasteiger partial charge in [-0.2, -0.15) is 0 Å². The number of nitrogens with two attached hydrogens (primary N) is 1. The van der Waals surface area contributed by atoms with Crippen molar-refractivity contribution in [3.63, 3.8) is 0 Å². The molecule has 0 spiro atoms. The van der Waals surface area contributed by atoms with Crippen molar-refractivity contribution in [2.75, 3.05) is 5.73 Å². The SMILES string of the molecule is Cc1cc(C)c([N+](=O)[O-])c(Cl)c1N. The molecule has 0 bridgehead atoms. The number of nitrogen functional groups attached to an aromatic ring is 1. The van der Waals surface area contributed by atoms with E-state index in [1.807, 2.05) is 0 Å². The number of rotatable bonds is 1. The summed E-state index contributed by atoms with van der Waals surface area (Å²) in [5.41, 5.74) is 7.01. The van der Waals surface area contributed by atoms with Crippen LogP contribution < -0.4 is 5.73 Å². The highest BCUT2D eigenvalue weighted by atomic mass is 35.5. The van der Waals surface area contributed by atoms with Crippen molar-refractivity contribution in [3.8, 4) is 0 Å². The lowest BCUT2D eigenvalue weighted by Gasteiger charge is -2.05. The standard InChI is InChI=1S/C8H9ClN2O2/c1-4-3-5(2)8(11(12)13)6(9)7(4)10/h3H,10H2,1-2H3. The van der Waals surface area contributed by atoms with Crippen LogP contribution >= 0.6 is 11.6 Å². The Hall–Kier alpha value is -1.29. The monoisotopic (exact) mass is 200 g/mol. The van der Waals surface area contributed by atoms with Gasteiger partial charge in [0.2, 0.25) is 0 Å². The smallest absolute Gasteiger partial charge is 0.292 e. The summed E-state index contributed by atoms with van der Waals surface area (Å²) in [6.07, 6.45) is 0. The topological polar surface area (TPSA) is 69.2 Å². The van der Waals surface area contributed by atoms with Crippen molar-refractivity contribution in [2.24, 2.45) is 0 Å². The molecule has 70 valence electrons. The lowest BCUT2D eigenvalue weighted by atomic mass is 10.1. The third-order valence-corrected chi connectivity index (χ3v) is 2.24. The fraction of sp³-hybridized carbons (Fsp3) is 0.250. The molecule has 0 aromatic heterocycles. The van der Waals surface area contributed by atoms with Crippen LogP contribution in [-0.2, 0) is 0 Å². The van der Waals surface area contributed by atoms with E-state index < -0.39 is 4.92 Å². The second kappa shape index (κ2) is 3.22. The summed E-state index contributed by atoms with van der Waals surface area (Å²) in [6.45, 7) is 3.40. The zero-order valence-electron chi connectivity index (χ0n) is 7.30. The minimum absolute atomic E-state index is 0.0301. The second-order valence-electron chi connectivity index (χ2n) is 2.84. The average Bonchev–Trinajstić information content (AvgIpc) is 1.99. The normalized spacial score (nSPS) is 10.1. The van der Waals surface area contributed by atoms with Crippen LogP contribution in [0.2, 0.25) is 5.02 Å². The first-order valence-corrected chi connectivity index (χ1v) is 4.02. The molecule has 0 aliphatic rings. The molecule has 4 nitrogen and oxygen atoms in total. The van der Waals surface area contributed by atoms with E-state index in [4.69, 9.17) is 17.3 Å². The van der Waals surface area contributed by atoms with Crippen molar-refractivity contribution in [1.29, 1.82) is 0 Å². The van der Waals surface area contributed by atoms with Gasteiger partial charge in [-0.1, -0.05) is 11.6 Å². The van der Waals surface area contributed by atoms with Gasteiger partial charge in [0.15, 0.2) is 0 Å². The van der Waals surface area contributed by atoms with Crippen molar-refractivity contribution >= 4 is 23.0 Å². The molecule has 13 heavy (non-hydrogen) atoms. The van der Waals surface area contributed by atoms with E-state index in [-0.39, 0.29) is 16.4 Å². The van der Waals surface area contributed by atoms with Crippen molar-refractivity contribution in [2.45, 2.75) is 13.8 Å². The maximum Gasteiger partial charge on any atom is 0.292 e.